The second-order valence-corrected chi connectivity index (χ2v) is 8.78. The van der Waals surface area contributed by atoms with E-state index < -0.39 is 24.0 Å². The van der Waals surface area contributed by atoms with E-state index in [-0.39, 0.29) is 41.2 Å². The first-order chi connectivity index (χ1) is 12.4. The number of aliphatic hydroxyl groups is 2. The molecule has 0 aromatic rings. The van der Waals surface area contributed by atoms with Crippen molar-refractivity contribution in [2.75, 3.05) is 6.61 Å². The lowest BCUT2D eigenvalue weighted by Gasteiger charge is -2.58. The van der Waals surface area contributed by atoms with Gasteiger partial charge in [0.25, 0.3) is 0 Å². The zero-order chi connectivity index (χ0) is 18.7. The predicted molar refractivity (Wildman–Crippen MR) is 94.0 cm³/mol. The number of hydrogen-bond acceptors (Lipinski definition) is 5. The molecule has 0 aromatic carbocycles. The standard InChI is InChI=1S/C21H26O5/c1-20-7-6-13(24)8-12(20)2-3-14-15-4-5-16(18(26)10-22)21(15,11-23)9-17(25)19(14)20/h6-8,11,14-17,19,22,25H,2-5,9-10H2,1H3. The summed E-state index contributed by atoms with van der Waals surface area (Å²) in [5, 5.41) is 20.4. The van der Waals surface area contributed by atoms with Crippen molar-refractivity contribution in [2.24, 2.45) is 34.5 Å². The van der Waals surface area contributed by atoms with Gasteiger partial charge < -0.3 is 15.0 Å². The quantitative estimate of drug-likeness (QED) is 0.748. The van der Waals surface area contributed by atoms with E-state index >= 15 is 0 Å². The van der Waals surface area contributed by atoms with Crippen LogP contribution in [-0.4, -0.2) is 40.8 Å². The zero-order valence-corrected chi connectivity index (χ0v) is 15.1. The first-order valence-corrected chi connectivity index (χ1v) is 9.59. The van der Waals surface area contributed by atoms with Crippen molar-refractivity contribution in [3.63, 3.8) is 0 Å². The Balaban J connectivity index is 1.75. The van der Waals surface area contributed by atoms with Crippen LogP contribution >= 0.6 is 0 Å². The zero-order valence-electron chi connectivity index (χ0n) is 15.1. The Morgan fingerprint density at radius 3 is 2.81 bits per heavy atom. The van der Waals surface area contributed by atoms with E-state index in [4.69, 9.17) is 0 Å². The van der Waals surface area contributed by atoms with Gasteiger partial charge >= 0.3 is 0 Å². The molecule has 0 heterocycles. The number of aldehydes is 1. The fourth-order valence-corrected chi connectivity index (χ4v) is 6.81. The topological polar surface area (TPSA) is 91.7 Å². The first kappa shape index (κ1) is 17.8. The molecule has 0 aromatic heterocycles. The number of ketones is 2. The number of fused-ring (bicyclic) bond motifs is 5. The summed E-state index contributed by atoms with van der Waals surface area (Å²) in [7, 11) is 0. The van der Waals surface area contributed by atoms with Crippen molar-refractivity contribution in [2.45, 2.75) is 45.1 Å². The Kier molecular flexibility index (Phi) is 4.08. The molecule has 0 amide bonds. The molecule has 7 unspecified atom stereocenters. The Hall–Kier alpha value is -1.59. The molecule has 0 spiro atoms. The number of aliphatic hydroxyl groups excluding tert-OH is 2. The molecule has 4 aliphatic rings. The highest BCUT2D eigenvalue weighted by atomic mass is 16.3. The Morgan fingerprint density at radius 1 is 1.35 bits per heavy atom. The summed E-state index contributed by atoms with van der Waals surface area (Å²) in [5.74, 6) is -0.626. The summed E-state index contributed by atoms with van der Waals surface area (Å²) in [4.78, 5) is 36.3. The van der Waals surface area contributed by atoms with Crippen molar-refractivity contribution in [1.82, 2.24) is 0 Å². The normalized spacial score (nSPS) is 46.8. The fourth-order valence-electron chi connectivity index (χ4n) is 6.81. The summed E-state index contributed by atoms with van der Waals surface area (Å²) < 4.78 is 0. The highest BCUT2D eigenvalue weighted by Gasteiger charge is 2.64. The molecule has 5 nitrogen and oxygen atoms in total. The van der Waals surface area contributed by atoms with Crippen LogP contribution in [0.5, 0.6) is 0 Å². The maximum Gasteiger partial charge on any atom is 0.178 e. The molecule has 3 saturated carbocycles. The van der Waals surface area contributed by atoms with Gasteiger partial charge in [0, 0.05) is 22.7 Å². The van der Waals surface area contributed by atoms with Crippen LogP contribution in [0.15, 0.2) is 23.8 Å². The van der Waals surface area contributed by atoms with Crippen molar-refractivity contribution in [3.05, 3.63) is 23.8 Å². The van der Waals surface area contributed by atoms with Gasteiger partial charge in [0.15, 0.2) is 11.6 Å². The van der Waals surface area contributed by atoms with Crippen molar-refractivity contribution >= 4 is 17.9 Å². The highest BCUT2D eigenvalue weighted by Crippen LogP contribution is 2.65. The second kappa shape index (κ2) is 5.96. The molecule has 140 valence electrons. The number of carbonyl (C=O) groups is 3. The number of rotatable bonds is 3. The van der Waals surface area contributed by atoms with Crippen LogP contribution < -0.4 is 0 Å². The Bertz CT molecular complexity index is 722. The third-order valence-electron chi connectivity index (χ3n) is 7.87. The van der Waals surface area contributed by atoms with E-state index in [0.717, 1.165) is 31.1 Å². The van der Waals surface area contributed by atoms with Crippen LogP contribution in [0.2, 0.25) is 0 Å². The maximum absolute atomic E-state index is 12.3. The number of allylic oxidation sites excluding steroid dienone is 4. The maximum atomic E-state index is 12.3. The largest absolute Gasteiger partial charge is 0.393 e. The van der Waals surface area contributed by atoms with Crippen LogP contribution in [0, 0.1) is 34.5 Å². The molecular weight excluding hydrogens is 332 g/mol. The molecule has 3 fully saturated rings. The van der Waals surface area contributed by atoms with Crippen LogP contribution in [-0.2, 0) is 14.4 Å². The lowest BCUT2D eigenvalue weighted by Crippen LogP contribution is -2.57. The number of Topliss-reactive ketones (excluding diaryl/α,β-unsaturated/α-hetero) is 1. The molecular formula is C21H26O5. The second-order valence-electron chi connectivity index (χ2n) is 8.78. The van der Waals surface area contributed by atoms with Gasteiger partial charge in [-0.05, 0) is 56.1 Å². The minimum atomic E-state index is -0.855. The minimum absolute atomic E-state index is 0.00191. The SMILES string of the molecule is CC12C=CC(=O)C=C1CCC1C2C(O)CC2(C=O)C(C(=O)CO)CCC12. The van der Waals surface area contributed by atoms with Crippen molar-refractivity contribution in [1.29, 1.82) is 0 Å². The number of carbonyl (C=O) groups excluding carboxylic acids is 3. The fraction of sp³-hybridized carbons (Fsp3) is 0.667. The molecule has 4 aliphatic carbocycles. The van der Waals surface area contributed by atoms with Gasteiger partial charge in [-0.3, -0.25) is 9.59 Å². The summed E-state index contributed by atoms with van der Waals surface area (Å²) in [5.41, 5.74) is -0.152. The van der Waals surface area contributed by atoms with E-state index in [2.05, 4.69) is 6.92 Å². The average molecular weight is 358 g/mol. The first-order valence-electron chi connectivity index (χ1n) is 9.59. The monoisotopic (exact) mass is 358 g/mol. The lowest BCUT2D eigenvalue weighted by molar-refractivity contribution is -0.153. The molecule has 0 bridgehead atoms. The molecule has 7 atom stereocenters. The smallest absolute Gasteiger partial charge is 0.178 e. The summed E-state index contributed by atoms with van der Waals surface area (Å²) in [6.07, 6.45) is 8.68. The van der Waals surface area contributed by atoms with E-state index in [1.165, 1.54) is 0 Å². The van der Waals surface area contributed by atoms with Crippen LogP contribution in [0.3, 0.4) is 0 Å². The van der Waals surface area contributed by atoms with Gasteiger partial charge in [-0.1, -0.05) is 18.6 Å². The van der Waals surface area contributed by atoms with Gasteiger partial charge in [-0.15, -0.1) is 0 Å². The molecule has 0 saturated heterocycles. The summed E-state index contributed by atoms with van der Waals surface area (Å²) in [6, 6.07) is 0. The predicted octanol–water partition coefficient (Wildman–Crippen LogP) is 1.62. The van der Waals surface area contributed by atoms with Gasteiger partial charge in [0.05, 0.1) is 6.10 Å². The molecule has 0 aliphatic heterocycles. The van der Waals surface area contributed by atoms with Gasteiger partial charge in [-0.25, -0.2) is 0 Å². The Morgan fingerprint density at radius 2 is 2.12 bits per heavy atom. The van der Waals surface area contributed by atoms with Crippen LogP contribution in [0.25, 0.3) is 0 Å². The van der Waals surface area contributed by atoms with Crippen molar-refractivity contribution < 1.29 is 24.6 Å². The molecule has 2 N–H and O–H groups in total. The average Bonchev–Trinajstić information content (AvgIpc) is 3.00. The van der Waals surface area contributed by atoms with Gasteiger partial charge in [-0.2, -0.15) is 0 Å². The Labute approximate surface area is 153 Å². The third-order valence-corrected chi connectivity index (χ3v) is 7.87. The minimum Gasteiger partial charge on any atom is -0.393 e. The molecule has 4 rings (SSSR count). The van der Waals surface area contributed by atoms with Gasteiger partial charge in [0.1, 0.15) is 12.9 Å². The summed E-state index contributed by atoms with van der Waals surface area (Å²) >= 11 is 0. The van der Waals surface area contributed by atoms with E-state index in [0.29, 0.717) is 6.42 Å². The van der Waals surface area contributed by atoms with Crippen LogP contribution in [0.4, 0.5) is 0 Å². The molecule has 26 heavy (non-hydrogen) atoms. The number of hydrogen-bond donors (Lipinski definition) is 2. The lowest BCUT2D eigenvalue weighted by atomic mass is 9.46. The molecule has 0 radical (unpaired) electrons. The highest BCUT2D eigenvalue weighted by molar-refractivity contribution is 6.01. The summed E-state index contributed by atoms with van der Waals surface area (Å²) in [6.45, 7) is 1.54. The third kappa shape index (κ3) is 2.20. The van der Waals surface area contributed by atoms with Gasteiger partial charge in [0.2, 0.25) is 0 Å². The molecule has 5 heteroatoms. The van der Waals surface area contributed by atoms with E-state index in [9.17, 15) is 24.6 Å². The van der Waals surface area contributed by atoms with Crippen molar-refractivity contribution in [3.8, 4) is 0 Å². The van der Waals surface area contributed by atoms with E-state index in [1.807, 2.05) is 6.08 Å². The van der Waals surface area contributed by atoms with Crippen LogP contribution in [0.1, 0.15) is 39.0 Å². The van der Waals surface area contributed by atoms with E-state index in [1.54, 1.807) is 12.2 Å².